The monoisotopic (exact) mass is 351 g/mol. The number of rotatable bonds is 3. The molecule has 1 heterocycles. The summed E-state index contributed by atoms with van der Waals surface area (Å²) in [5, 5.41) is 10.2. The molecule has 1 fully saturated rings. The number of phenolic OH excluding ortho intramolecular Hbond substituents is 1. The molecule has 0 unspecified atom stereocenters. The maximum atomic E-state index is 10.2. The Morgan fingerprint density at radius 3 is 2.63 bits per heavy atom. The summed E-state index contributed by atoms with van der Waals surface area (Å²) in [6, 6.07) is 3.40. The van der Waals surface area contributed by atoms with Gasteiger partial charge in [0.25, 0.3) is 0 Å². The van der Waals surface area contributed by atoms with Crippen molar-refractivity contribution < 1.29 is 14.6 Å². The van der Waals surface area contributed by atoms with Crippen molar-refractivity contribution in [1.29, 1.82) is 0 Å². The molecule has 1 aliphatic heterocycles. The van der Waals surface area contributed by atoms with E-state index in [1.54, 1.807) is 6.07 Å². The highest BCUT2D eigenvalue weighted by atomic mass is 79.9. The van der Waals surface area contributed by atoms with Gasteiger partial charge in [0.15, 0.2) is 11.5 Å². The Morgan fingerprint density at radius 2 is 2.05 bits per heavy atom. The fraction of sp³-hybridized carbons (Fsp3) is 0.538. The van der Waals surface area contributed by atoms with Crippen LogP contribution in [-0.4, -0.2) is 25.4 Å². The van der Waals surface area contributed by atoms with Crippen LogP contribution in [0.1, 0.15) is 24.4 Å². The van der Waals surface area contributed by atoms with Gasteiger partial charge in [-0.05, 0) is 30.9 Å². The quantitative estimate of drug-likeness (QED) is 0.877. The zero-order valence-electron chi connectivity index (χ0n) is 10.8. The van der Waals surface area contributed by atoms with Crippen molar-refractivity contribution in [2.75, 3.05) is 20.3 Å². The predicted octanol–water partition coefficient (Wildman–Crippen LogP) is 3.01. The number of methoxy groups -OCH3 is 1. The van der Waals surface area contributed by atoms with E-state index < -0.39 is 0 Å². The lowest BCUT2D eigenvalue weighted by Crippen LogP contribution is -2.27. The van der Waals surface area contributed by atoms with E-state index in [-0.39, 0.29) is 24.2 Å². The topological polar surface area (TPSA) is 64.7 Å². The average Bonchev–Trinajstić information content (AvgIpc) is 2.41. The van der Waals surface area contributed by atoms with Crippen molar-refractivity contribution in [3.63, 3.8) is 0 Å². The van der Waals surface area contributed by atoms with Gasteiger partial charge in [-0.25, -0.2) is 0 Å². The highest BCUT2D eigenvalue weighted by molar-refractivity contribution is 9.10. The number of benzene rings is 1. The van der Waals surface area contributed by atoms with Gasteiger partial charge in [-0.1, -0.05) is 15.9 Å². The largest absolute Gasteiger partial charge is 0.504 e. The molecule has 3 N–H and O–H groups in total. The zero-order chi connectivity index (χ0) is 13.1. The normalized spacial score (nSPS) is 17.6. The molecular weight excluding hydrogens is 334 g/mol. The third-order valence-electron chi connectivity index (χ3n) is 3.42. The van der Waals surface area contributed by atoms with Crippen LogP contribution in [0.15, 0.2) is 16.6 Å². The Hall–Kier alpha value is -0.490. The molecule has 0 aliphatic carbocycles. The standard InChI is InChI=1S/C13H18BrNO3.ClH/c1-17-11-7-9(14)6-10(13(11)16)12(15)8-2-4-18-5-3-8;/h6-8,12,16H,2-5,15H2,1H3;1H/t12-;/m1./s1. The molecule has 1 aromatic rings. The summed E-state index contributed by atoms with van der Waals surface area (Å²) >= 11 is 3.41. The van der Waals surface area contributed by atoms with Crippen LogP contribution >= 0.6 is 28.3 Å². The zero-order valence-corrected chi connectivity index (χ0v) is 13.2. The number of halogens is 2. The lowest BCUT2D eigenvalue weighted by Gasteiger charge is -2.28. The molecule has 1 aromatic carbocycles. The van der Waals surface area contributed by atoms with E-state index in [9.17, 15) is 5.11 Å². The molecule has 1 aliphatic rings. The molecule has 0 bridgehead atoms. The maximum absolute atomic E-state index is 10.2. The van der Waals surface area contributed by atoms with Crippen LogP contribution in [0.2, 0.25) is 0 Å². The highest BCUT2D eigenvalue weighted by Gasteiger charge is 2.25. The molecule has 0 radical (unpaired) electrons. The first kappa shape index (κ1) is 16.6. The fourth-order valence-electron chi connectivity index (χ4n) is 2.33. The van der Waals surface area contributed by atoms with E-state index in [2.05, 4.69) is 15.9 Å². The van der Waals surface area contributed by atoms with Crippen LogP contribution in [-0.2, 0) is 4.74 Å². The molecule has 19 heavy (non-hydrogen) atoms. The van der Waals surface area contributed by atoms with E-state index in [1.165, 1.54) is 7.11 Å². The van der Waals surface area contributed by atoms with Gasteiger partial charge >= 0.3 is 0 Å². The Balaban J connectivity index is 0.00000180. The van der Waals surface area contributed by atoms with Gasteiger partial charge in [0.1, 0.15) is 0 Å². The molecule has 0 spiro atoms. The average molecular weight is 353 g/mol. The van der Waals surface area contributed by atoms with Gasteiger partial charge in [-0.2, -0.15) is 0 Å². The van der Waals surface area contributed by atoms with E-state index in [4.69, 9.17) is 15.2 Å². The lowest BCUT2D eigenvalue weighted by atomic mass is 9.87. The Morgan fingerprint density at radius 1 is 1.42 bits per heavy atom. The molecule has 2 rings (SSSR count). The smallest absolute Gasteiger partial charge is 0.162 e. The van der Waals surface area contributed by atoms with Gasteiger partial charge in [0, 0.05) is 29.3 Å². The summed E-state index contributed by atoms with van der Waals surface area (Å²) in [5.41, 5.74) is 7.00. The van der Waals surface area contributed by atoms with E-state index >= 15 is 0 Å². The maximum Gasteiger partial charge on any atom is 0.162 e. The van der Waals surface area contributed by atoms with Crippen LogP contribution in [0.5, 0.6) is 11.5 Å². The number of ether oxygens (including phenoxy) is 2. The Kier molecular flexibility index (Phi) is 6.39. The van der Waals surface area contributed by atoms with Crippen LogP contribution < -0.4 is 10.5 Å². The SMILES string of the molecule is COc1cc(Br)cc([C@H](N)C2CCOCC2)c1O.Cl. The van der Waals surface area contributed by atoms with Crippen molar-refractivity contribution in [3.05, 3.63) is 22.2 Å². The van der Waals surface area contributed by atoms with E-state index in [1.807, 2.05) is 6.07 Å². The summed E-state index contributed by atoms with van der Waals surface area (Å²) < 4.78 is 11.3. The van der Waals surface area contributed by atoms with Crippen molar-refractivity contribution >= 4 is 28.3 Å². The van der Waals surface area contributed by atoms with Gasteiger partial charge in [0.05, 0.1) is 7.11 Å². The summed E-state index contributed by atoms with van der Waals surface area (Å²) in [4.78, 5) is 0. The molecule has 6 heteroatoms. The second kappa shape index (κ2) is 7.33. The first-order chi connectivity index (χ1) is 8.63. The third-order valence-corrected chi connectivity index (χ3v) is 3.88. The Bertz CT molecular complexity index is 425. The molecule has 0 saturated carbocycles. The van der Waals surface area contributed by atoms with Crippen molar-refractivity contribution in [2.24, 2.45) is 11.7 Å². The van der Waals surface area contributed by atoms with Crippen molar-refractivity contribution in [3.8, 4) is 11.5 Å². The number of phenols is 1. The summed E-state index contributed by atoms with van der Waals surface area (Å²) in [6.45, 7) is 1.48. The minimum absolute atomic E-state index is 0. The number of nitrogens with two attached hydrogens (primary N) is 1. The van der Waals surface area contributed by atoms with E-state index in [0.717, 1.165) is 36.1 Å². The van der Waals surface area contributed by atoms with Gasteiger partial charge < -0.3 is 20.3 Å². The predicted molar refractivity (Wildman–Crippen MR) is 80.1 cm³/mol. The number of aromatic hydroxyl groups is 1. The second-order valence-corrected chi connectivity index (χ2v) is 5.44. The van der Waals surface area contributed by atoms with Crippen LogP contribution in [0.25, 0.3) is 0 Å². The summed E-state index contributed by atoms with van der Waals surface area (Å²) in [6.07, 6.45) is 1.85. The first-order valence-corrected chi connectivity index (χ1v) is 6.82. The van der Waals surface area contributed by atoms with Crippen LogP contribution in [0, 0.1) is 5.92 Å². The summed E-state index contributed by atoms with van der Waals surface area (Å²) in [7, 11) is 1.53. The second-order valence-electron chi connectivity index (χ2n) is 4.52. The lowest BCUT2D eigenvalue weighted by molar-refractivity contribution is 0.0581. The van der Waals surface area contributed by atoms with Gasteiger partial charge in [-0.15, -0.1) is 12.4 Å². The molecule has 4 nitrogen and oxygen atoms in total. The number of hydrogen-bond acceptors (Lipinski definition) is 4. The molecule has 0 amide bonds. The third kappa shape index (κ3) is 3.75. The highest BCUT2D eigenvalue weighted by Crippen LogP contribution is 2.40. The molecular formula is C13H19BrClNO3. The minimum atomic E-state index is -0.194. The number of hydrogen-bond donors (Lipinski definition) is 2. The van der Waals surface area contributed by atoms with Gasteiger partial charge in [-0.3, -0.25) is 0 Å². The minimum Gasteiger partial charge on any atom is -0.504 e. The summed E-state index contributed by atoms with van der Waals surface area (Å²) in [5.74, 6) is 0.922. The molecule has 108 valence electrons. The van der Waals surface area contributed by atoms with Crippen LogP contribution in [0.4, 0.5) is 0 Å². The van der Waals surface area contributed by atoms with Crippen LogP contribution in [0.3, 0.4) is 0 Å². The van der Waals surface area contributed by atoms with Crippen molar-refractivity contribution in [1.82, 2.24) is 0 Å². The molecule has 1 atom stereocenters. The first-order valence-electron chi connectivity index (χ1n) is 6.03. The molecule has 0 aromatic heterocycles. The van der Waals surface area contributed by atoms with Crippen molar-refractivity contribution in [2.45, 2.75) is 18.9 Å². The molecule has 1 saturated heterocycles. The van der Waals surface area contributed by atoms with E-state index in [0.29, 0.717) is 11.7 Å². The Labute approximate surface area is 127 Å². The van der Waals surface area contributed by atoms with Gasteiger partial charge in [0.2, 0.25) is 0 Å². The fourth-order valence-corrected chi connectivity index (χ4v) is 2.79.